The van der Waals surface area contributed by atoms with E-state index in [4.69, 9.17) is 0 Å². The van der Waals surface area contributed by atoms with E-state index in [0.717, 1.165) is 44.0 Å². The molecule has 0 bridgehead atoms. The summed E-state index contributed by atoms with van der Waals surface area (Å²) in [7, 11) is 1.66. The summed E-state index contributed by atoms with van der Waals surface area (Å²) in [5.41, 5.74) is 0. The van der Waals surface area contributed by atoms with Crippen LogP contribution in [-0.2, 0) is 9.59 Å². The van der Waals surface area contributed by atoms with Crippen molar-refractivity contribution in [3.05, 3.63) is 0 Å². The number of likely N-dealkylation sites (tertiary alicyclic amines) is 1. The van der Waals surface area contributed by atoms with Crippen LogP contribution in [0.5, 0.6) is 0 Å². The van der Waals surface area contributed by atoms with Crippen LogP contribution in [0.3, 0.4) is 0 Å². The van der Waals surface area contributed by atoms with Crippen LogP contribution >= 0.6 is 11.8 Å². The number of hydrogen-bond donors (Lipinski definition) is 3. The van der Waals surface area contributed by atoms with E-state index in [0.29, 0.717) is 19.0 Å². The van der Waals surface area contributed by atoms with Crippen molar-refractivity contribution in [1.29, 1.82) is 0 Å². The lowest BCUT2D eigenvalue weighted by atomic mass is 10.0. The monoisotopic (exact) mass is 314 g/mol. The first kappa shape index (κ1) is 16.6. The van der Waals surface area contributed by atoms with Gasteiger partial charge in [-0.2, -0.15) is 11.8 Å². The predicted molar refractivity (Wildman–Crippen MR) is 85.4 cm³/mol. The fourth-order valence-corrected chi connectivity index (χ4v) is 3.73. The fourth-order valence-electron chi connectivity index (χ4n) is 2.78. The van der Waals surface area contributed by atoms with E-state index in [2.05, 4.69) is 20.9 Å². The fraction of sp³-hybridized carbons (Fsp3) is 0.857. The van der Waals surface area contributed by atoms with Crippen LogP contribution in [0.15, 0.2) is 0 Å². The molecule has 2 heterocycles. The molecule has 0 radical (unpaired) electrons. The summed E-state index contributed by atoms with van der Waals surface area (Å²) >= 11 is 1.91. The lowest BCUT2D eigenvalue weighted by Gasteiger charge is -2.32. The number of amides is 2. The summed E-state index contributed by atoms with van der Waals surface area (Å²) in [5.74, 6) is 2.37. The summed E-state index contributed by atoms with van der Waals surface area (Å²) in [6.07, 6.45) is 2.43. The Bertz CT molecular complexity index is 353. The van der Waals surface area contributed by atoms with E-state index in [1.165, 1.54) is 0 Å². The first-order chi connectivity index (χ1) is 10.2. The van der Waals surface area contributed by atoms with Crippen molar-refractivity contribution >= 4 is 23.6 Å². The van der Waals surface area contributed by atoms with Crippen molar-refractivity contribution < 1.29 is 9.59 Å². The molecule has 2 rings (SSSR count). The highest BCUT2D eigenvalue weighted by Gasteiger charge is 2.23. The van der Waals surface area contributed by atoms with Crippen molar-refractivity contribution in [3.8, 4) is 0 Å². The minimum absolute atomic E-state index is 0.0540. The molecular weight excluding hydrogens is 288 g/mol. The second-order valence-electron chi connectivity index (χ2n) is 5.72. The van der Waals surface area contributed by atoms with E-state index in [1.54, 1.807) is 7.05 Å². The van der Waals surface area contributed by atoms with E-state index in [1.807, 2.05) is 11.8 Å². The van der Waals surface area contributed by atoms with Crippen molar-refractivity contribution in [2.75, 3.05) is 44.7 Å². The van der Waals surface area contributed by atoms with Gasteiger partial charge in [-0.05, 0) is 12.8 Å². The third-order valence-corrected chi connectivity index (χ3v) is 5.16. The molecule has 21 heavy (non-hydrogen) atoms. The maximum Gasteiger partial charge on any atom is 0.233 e. The molecule has 6 nitrogen and oxygen atoms in total. The zero-order valence-corrected chi connectivity index (χ0v) is 13.5. The largest absolute Gasteiger partial charge is 0.358 e. The molecule has 1 unspecified atom stereocenters. The highest BCUT2D eigenvalue weighted by Crippen LogP contribution is 2.12. The molecule has 0 spiro atoms. The van der Waals surface area contributed by atoms with Gasteiger partial charge >= 0.3 is 0 Å². The highest BCUT2D eigenvalue weighted by molar-refractivity contribution is 7.99. The van der Waals surface area contributed by atoms with Gasteiger partial charge in [0, 0.05) is 56.7 Å². The molecule has 0 aliphatic carbocycles. The summed E-state index contributed by atoms with van der Waals surface area (Å²) in [5, 5.41) is 9.17. The van der Waals surface area contributed by atoms with Gasteiger partial charge in [-0.3, -0.25) is 14.5 Å². The minimum atomic E-state index is 0.0540. The van der Waals surface area contributed by atoms with Crippen molar-refractivity contribution in [3.63, 3.8) is 0 Å². The van der Waals surface area contributed by atoms with Crippen LogP contribution in [0.1, 0.15) is 19.3 Å². The van der Waals surface area contributed by atoms with E-state index in [9.17, 15) is 9.59 Å². The molecule has 0 saturated carbocycles. The Morgan fingerprint density at radius 3 is 2.67 bits per heavy atom. The van der Waals surface area contributed by atoms with Gasteiger partial charge in [0.2, 0.25) is 11.8 Å². The maximum atomic E-state index is 12.0. The Balaban J connectivity index is 1.63. The molecule has 2 aliphatic rings. The molecule has 7 heteroatoms. The zero-order chi connectivity index (χ0) is 15.1. The van der Waals surface area contributed by atoms with Crippen LogP contribution in [0, 0.1) is 0 Å². The van der Waals surface area contributed by atoms with Crippen LogP contribution in [-0.4, -0.2) is 73.5 Å². The molecule has 0 aromatic heterocycles. The third-order valence-electron chi connectivity index (χ3n) is 4.03. The smallest absolute Gasteiger partial charge is 0.233 e. The van der Waals surface area contributed by atoms with Crippen molar-refractivity contribution in [2.45, 2.75) is 31.3 Å². The number of nitrogens with one attached hydrogen (secondary N) is 3. The lowest BCUT2D eigenvalue weighted by Crippen LogP contribution is -2.48. The molecule has 3 N–H and O–H groups in total. The van der Waals surface area contributed by atoms with Gasteiger partial charge in [-0.15, -0.1) is 0 Å². The number of likely N-dealkylation sites (N-methyl/N-ethyl adjacent to an activating group) is 1. The van der Waals surface area contributed by atoms with Crippen LogP contribution in [0.2, 0.25) is 0 Å². The number of rotatable bonds is 5. The average Bonchev–Trinajstić information content (AvgIpc) is 2.50. The number of hydrogen-bond acceptors (Lipinski definition) is 5. The molecule has 0 aromatic rings. The second kappa shape index (κ2) is 8.60. The molecule has 2 fully saturated rings. The molecule has 1 atom stereocenters. The molecule has 0 aromatic carbocycles. The summed E-state index contributed by atoms with van der Waals surface area (Å²) in [4.78, 5) is 25.5. The highest BCUT2D eigenvalue weighted by atomic mass is 32.2. The van der Waals surface area contributed by atoms with Gasteiger partial charge in [-0.25, -0.2) is 0 Å². The summed E-state index contributed by atoms with van der Waals surface area (Å²) in [6.45, 7) is 3.20. The Hall–Kier alpha value is -0.790. The Morgan fingerprint density at radius 2 is 2.05 bits per heavy atom. The number of piperidine rings is 1. The van der Waals surface area contributed by atoms with Gasteiger partial charge in [0.1, 0.15) is 0 Å². The van der Waals surface area contributed by atoms with E-state index in [-0.39, 0.29) is 17.9 Å². The Kier molecular flexibility index (Phi) is 6.79. The quantitative estimate of drug-likeness (QED) is 0.632. The Labute approximate surface area is 130 Å². The van der Waals surface area contributed by atoms with E-state index >= 15 is 0 Å². The SMILES string of the molecule is CNC(=O)CN1CCC(NC(=O)CC2CSCCN2)CC1. The van der Waals surface area contributed by atoms with Crippen LogP contribution in [0.25, 0.3) is 0 Å². The second-order valence-corrected chi connectivity index (χ2v) is 6.87. The van der Waals surface area contributed by atoms with Crippen molar-refractivity contribution in [1.82, 2.24) is 20.9 Å². The van der Waals surface area contributed by atoms with Crippen LogP contribution < -0.4 is 16.0 Å². The Morgan fingerprint density at radius 1 is 1.29 bits per heavy atom. The van der Waals surface area contributed by atoms with Gasteiger partial charge in [0.15, 0.2) is 0 Å². The topological polar surface area (TPSA) is 73.5 Å². The normalized spacial score (nSPS) is 24.5. The van der Waals surface area contributed by atoms with Crippen molar-refractivity contribution in [2.24, 2.45) is 0 Å². The summed E-state index contributed by atoms with van der Waals surface area (Å²) in [6, 6.07) is 0.576. The average molecular weight is 314 g/mol. The predicted octanol–water partition coefficient (Wildman–Crippen LogP) is -0.592. The summed E-state index contributed by atoms with van der Waals surface area (Å²) < 4.78 is 0. The molecule has 2 saturated heterocycles. The first-order valence-corrected chi connectivity index (χ1v) is 8.86. The number of carbonyl (C=O) groups is 2. The van der Waals surface area contributed by atoms with E-state index < -0.39 is 0 Å². The zero-order valence-electron chi connectivity index (χ0n) is 12.7. The van der Waals surface area contributed by atoms with Gasteiger partial charge in [-0.1, -0.05) is 0 Å². The minimum Gasteiger partial charge on any atom is -0.358 e. The maximum absolute atomic E-state index is 12.0. The number of carbonyl (C=O) groups excluding carboxylic acids is 2. The van der Waals surface area contributed by atoms with Gasteiger partial charge in [0.05, 0.1) is 6.54 Å². The molecule has 2 amide bonds. The molecular formula is C14H26N4O2S. The number of thioether (sulfide) groups is 1. The van der Waals surface area contributed by atoms with Gasteiger partial charge < -0.3 is 16.0 Å². The third kappa shape index (κ3) is 5.84. The standard InChI is InChI=1S/C14H26N4O2S/c1-15-14(20)9-18-5-2-11(3-6-18)17-13(19)8-12-10-21-7-4-16-12/h11-12,16H,2-10H2,1H3,(H,15,20)(H,17,19). The first-order valence-electron chi connectivity index (χ1n) is 7.71. The van der Waals surface area contributed by atoms with Gasteiger partial charge in [0.25, 0.3) is 0 Å². The number of nitrogens with zero attached hydrogens (tertiary/aromatic N) is 1. The lowest BCUT2D eigenvalue weighted by molar-refractivity contribution is -0.124. The molecule has 2 aliphatic heterocycles. The van der Waals surface area contributed by atoms with Crippen LogP contribution in [0.4, 0.5) is 0 Å². The molecule has 120 valence electrons.